The zero-order chi connectivity index (χ0) is 11.5. The third kappa shape index (κ3) is 2.05. The Morgan fingerprint density at radius 1 is 1.38 bits per heavy atom. The standard InChI is InChI=1S/C12H19N3O/c1-2-14-9-10(13)8-11(14)12(16)15-6-4-3-5-7-15/h8-9H,2-7,13H2,1H3. The number of carbonyl (C=O) groups excluding carboxylic acids is 1. The van der Waals surface area contributed by atoms with Crippen molar-refractivity contribution in [1.29, 1.82) is 0 Å². The van der Waals surface area contributed by atoms with Crippen LogP contribution in [0.1, 0.15) is 36.7 Å². The molecule has 2 rings (SSSR count). The summed E-state index contributed by atoms with van der Waals surface area (Å²) in [7, 11) is 0. The molecule has 1 amide bonds. The van der Waals surface area contributed by atoms with Crippen molar-refractivity contribution in [2.24, 2.45) is 0 Å². The monoisotopic (exact) mass is 221 g/mol. The summed E-state index contributed by atoms with van der Waals surface area (Å²) in [5.41, 5.74) is 7.12. The van der Waals surface area contributed by atoms with Crippen LogP contribution in [-0.4, -0.2) is 28.5 Å². The summed E-state index contributed by atoms with van der Waals surface area (Å²) in [6.45, 7) is 4.57. The van der Waals surface area contributed by atoms with Crippen LogP contribution >= 0.6 is 0 Å². The lowest BCUT2D eigenvalue weighted by atomic mass is 10.1. The molecule has 0 unspecified atom stereocenters. The Labute approximate surface area is 96.0 Å². The lowest BCUT2D eigenvalue weighted by Gasteiger charge is -2.26. The summed E-state index contributed by atoms with van der Waals surface area (Å²) in [5, 5.41) is 0. The Balaban J connectivity index is 2.18. The minimum atomic E-state index is 0.123. The number of carbonyl (C=O) groups is 1. The van der Waals surface area contributed by atoms with Gasteiger partial charge in [-0.1, -0.05) is 0 Å². The van der Waals surface area contributed by atoms with Crippen LogP contribution in [-0.2, 0) is 6.54 Å². The molecule has 4 heteroatoms. The van der Waals surface area contributed by atoms with Crippen LogP contribution < -0.4 is 5.73 Å². The zero-order valence-electron chi connectivity index (χ0n) is 9.78. The van der Waals surface area contributed by atoms with E-state index in [1.165, 1.54) is 6.42 Å². The number of nitrogen functional groups attached to an aromatic ring is 1. The molecule has 0 spiro atoms. The van der Waals surface area contributed by atoms with E-state index in [9.17, 15) is 4.79 Å². The molecule has 1 aromatic rings. The Hall–Kier alpha value is -1.45. The molecular weight excluding hydrogens is 202 g/mol. The van der Waals surface area contributed by atoms with Crippen molar-refractivity contribution in [2.75, 3.05) is 18.8 Å². The average molecular weight is 221 g/mol. The molecular formula is C12H19N3O. The summed E-state index contributed by atoms with van der Waals surface area (Å²) in [6.07, 6.45) is 5.31. The Morgan fingerprint density at radius 2 is 2.06 bits per heavy atom. The van der Waals surface area contributed by atoms with Crippen molar-refractivity contribution in [3.8, 4) is 0 Å². The normalized spacial score (nSPS) is 16.4. The summed E-state index contributed by atoms with van der Waals surface area (Å²) >= 11 is 0. The van der Waals surface area contributed by atoms with Gasteiger partial charge in [0.1, 0.15) is 5.69 Å². The fourth-order valence-electron chi connectivity index (χ4n) is 2.23. The van der Waals surface area contributed by atoms with Crippen molar-refractivity contribution < 1.29 is 4.79 Å². The quantitative estimate of drug-likeness (QED) is 0.826. The van der Waals surface area contributed by atoms with E-state index in [4.69, 9.17) is 5.73 Å². The first kappa shape index (κ1) is 11.0. The van der Waals surface area contributed by atoms with E-state index in [1.54, 1.807) is 6.07 Å². The van der Waals surface area contributed by atoms with Crippen molar-refractivity contribution in [2.45, 2.75) is 32.7 Å². The number of hydrogen-bond acceptors (Lipinski definition) is 2. The summed E-state index contributed by atoms with van der Waals surface area (Å²) in [6, 6.07) is 1.78. The third-order valence-electron chi connectivity index (χ3n) is 3.12. The van der Waals surface area contributed by atoms with Crippen LogP contribution in [0.4, 0.5) is 5.69 Å². The van der Waals surface area contributed by atoms with E-state index < -0.39 is 0 Å². The molecule has 2 heterocycles. The van der Waals surface area contributed by atoms with E-state index in [0.717, 1.165) is 38.2 Å². The second-order valence-electron chi connectivity index (χ2n) is 4.30. The molecule has 2 N–H and O–H groups in total. The molecule has 0 saturated carbocycles. The minimum absolute atomic E-state index is 0.123. The number of nitrogens with two attached hydrogens (primary N) is 1. The van der Waals surface area contributed by atoms with Crippen molar-refractivity contribution in [3.63, 3.8) is 0 Å². The molecule has 88 valence electrons. The highest BCUT2D eigenvalue weighted by atomic mass is 16.2. The molecule has 0 aliphatic carbocycles. The molecule has 0 radical (unpaired) electrons. The zero-order valence-corrected chi connectivity index (χ0v) is 9.78. The van der Waals surface area contributed by atoms with Gasteiger partial charge in [0.2, 0.25) is 0 Å². The Kier molecular flexibility index (Phi) is 3.17. The molecule has 0 aromatic carbocycles. The SMILES string of the molecule is CCn1cc(N)cc1C(=O)N1CCCCC1. The molecule has 1 aromatic heterocycles. The molecule has 1 aliphatic rings. The summed E-state index contributed by atoms with van der Waals surface area (Å²) in [4.78, 5) is 14.2. The van der Waals surface area contributed by atoms with Gasteiger partial charge in [0.25, 0.3) is 5.91 Å². The lowest BCUT2D eigenvalue weighted by molar-refractivity contribution is 0.0713. The molecule has 1 aliphatic heterocycles. The van der Waals surface area contributed by atoms with Gasteiger partial charge in [0.15, 0.2) is 0 Å². The van der Waals surface area contributed by atoms with E-state index in [2.05, 4.69) is 0 Å². The largest absolute Gasteiger partial charge is 0.397 e. The molecule has 4 nitrogen and oxygen atoms in total. The topological polar surface area (TPSA) is 51.3 Å². The highest BCUT2D eigenvalue weighted by Gasteiger charge is 2.20. The van der Waals surface area contributed by atoms with Gasteiger partial charge in [0.05, 0.1) is 5.69 Å². The Bertz CT molecular complexity index is 378. The van der Waals surface area contributed by atoms with Crippen LogP contribution in [0, 0.1) is 0 Å². The maximum absolute atomic E-state index is 12.2. The first-order valence-corrected chi connectivity index (χ1v) is 5.97. The second kappa shape index (κ2) is 4.60. The third-order valence-corrected chi connectivity index (χ3v) is 3.12. The summed E-state index contributed by atoms with van der Waals surface area (Å²) in [5.74, 6) is 0.123. The highest BCUT2D eigenvalue weighted by Crippen LogP contribution is 2.16. The van der Waals surface area contributed by atoms with Gasteiger partial charge in [-0.05, 0) is 32.3 Å². The fourth-order valence-corrected chi connectivity index (χ4v) is 2.23. The molecule has 0 bridgehead atoms. The van der Waals surface area contributed by atoms with E-state index in [-0.39, 0.29) is 5.91 Å². The maximum Gasteiger partial charge on any atom is 0.270 e. The predicted octanol–water partition coefficient (Wildman–Crippen LogP) is 1.72. The number of aromatic nitrogens is 1. The van der Waals surface area contributed by atoms with Crippen LogP contribution in [0.15, 0.2) is 12.3 Å². The maximum atomic E-state index is 12.2. The van der Waals surface area contributed by atoms with Crippen LogP contribution in [0.25, 0.3) is 0 Å². The lowest BCUT2D eigenvalue weighted by Crippen LogP contribution is -2.36. The number of amides is 1. The Morgan fingerprint density at radius 3 is 2.69 bits per heavy atom. The fraction of sp³-hybridized carbons (Fsp3) is 0.583. The van der Waals surface area contributed by atoms with Gasteiger partial charge >= 0.3 is 0 Å². The second-order valence-corrected chi connectivity index (χ2v) is 4.30. The van der Waals surface area contributed by atoms with E-state index in [0.29, 0.717) is 5.69 Å². The minimum Gasteiger partial charge on any atom is -0.397 e. The van der Waals surface area contributed by atoms with Gasteiger partial charge in [-0.2, -0.15) is 0 Å². The number of aryl methyl sites for hydroxylation is 1. The van der Waals surface area contributed by atoms with Gasteiger partial charge in [-0.25, -0.2) is 0 Å². The van der Waals surface area contributed by atoms with Crippen molar-refractivity contribution in [3.05, 3.63) is 18.0 Å². The predicted molar refractivity (Wildman–Crippen MR) is 64.3 cm³/mol. The molecule has 16 heavy (non-hydrogen) atoms. The average Bonchev–Trinajstić information content (AvgIpc) is 2.70. The number of nitrogens with zero attached hydrogens (tertiary/aromatic N) is 2. The van der Waals surface area contributed by atoms with E-state index >= 15 is 0 Å². The smallest absolute Gasteiger partial charge is 0.270 e. The molecule has 1 saturated heterocycles. The van der Waals surface area contributed by atoms with Crippen LogP contribution in [0.5, 0.6) is 0 Å². The number of likely N-dealkylation sites (tertiary alicyclic amines) is 1. The van der Waals surface area contributed by atoms with Crippen molar-refractivity contribution in [1.82, 2.24) is 9.47 Å². The molecule has 0 atom stereocenters. The number of anilines is 1. The number of piperidine rings is 1. The highest BCUT2D eigenvalue weighted by molar-refractivity contribution is 5.93. The van der Waals surface area contributed by atoms with Gasteiger partial charge in [0, 0.05) is 25.8 Å². The van der Waals surface area contributed by atoms with Crippen LogP contribution in [0.3, 0.4) is 0 Å². The van der Waals surface area contributed by atoms with E-state index in [1.807, 2.05) is 22.6 Å². The first-order valence-electron chi connectivity index (χ1n) is 5.97. The van der Waals surface area contributed by atoms with Gasteiger partial charge < -0.3 is 15.2 Å². The van der Waals surface area contributed by atoms with Gasteiger partial charge in [-0.15, -0.1) is 0 Å². The van der Waals surface area contributed by atoms with Gasteiger partial charge in [-0.3, -0.25) is 4.79 Å². The summed E-state index contributed by atoms with van der Waals surface area (Å²) < 4.78 is 1.92. The van der Waals surface area contributed by atoms with Crippen molar-refractivity contribution >= 4 is 11.6 Å². The number of hydrogen-bond donors (Lipinski definition) is 1. The molecule has 1 fully saturated rings. The number of rotatable bonds is 2. The first-order chi connectivity index (χ1) is 7.72. The van der Waals surface area contributed by atoms with Crippen LogP contribution in [0.2, 0.25) is 0 Å².